The van der Waals surface area contributed by atoms with Gasteiger partial charge in [0.2, 0.25) is 0 Å². The Kier molecular flexibility index (Phi) is 3.97. The summed E-state index contributed by atoms with van der Waals surface area (Å²) < 4.78 is 22.3. The minimum atomic E-state index is -0.779. The molecule has 0 aromatic rings. The number of fused-ring (bicyclic) bond motifs is 1. The average molecular weight is 284 g/mol. The van der Waals surface area contributed by atoms with E-state index < -0.39 is 30.1 Å². The van der Waals surface area contributed by atoms with Crippen LogP contribution in [0.5, 0.6) is 0 Å². The predicted molar refractivity (Wildman–Crippen MR) is 73.1 cm³/mol. The first-order chi connectivity index (χ1) is 9.13. The molecule has 0 aromatic heterocycles. The molecule has 0 aliphatic carbocycles. The normalized spacial score (nSPS) is 37.0. The standard InChI is InChI=1S/C15H24O5/c1-14(2,3)8-7-9-10-11(20-15(4,5)19-9)12(17-6)13(16)18-10/h7-12H,1-6H3/t9-,10-,11-,12-/m1/s1. The summed E-state index contributed by atoms with van der Waals surface area (Å²) in [5.41, 5.74) is 0.0323. The Balaban J connectivity index is 2.24. The summed E-state index contributed by atoms with van der Waals surface area (Å²) in [4.78, 5) is 11.8. The Morgan fingerprint density at radius 1 is 1.20 bits per heavy atom. The monoisotopic (exact) mass is 284 g/mol. The molecule has 0 amide bonds. The summed E-state index contributed by atoms with van der Waals surface area (Å²) in [5, 5.41) is 0. The van der Waals surface area contributed by atoms with Crippen LogP contribution < -0.4 is 0 Å². The molecule has 114 valence electrons. The number of hydrogen-bond donors (Lipinski definition) is 0. The van der Waals surface area contributed by atoms with Gasteiger partial charge in [0, 0.05) is 7.11 Å². The van der Waals surface area contributed by atoms with Crippen LogP contribution in [-0.4, -0.2) is 43.3 Å². The van der Waals surface area contributed by atoms with Gasteiger partial charge in [0.1, 0.15) is 12.2 Å². The van der Waals surface area contributed by atoms with Crippen LogP contribution in [0.2, 0.25) is 0 Å². The van der Waals surface area contributed by atoms with Crippen molar-refractivity contribution in [1.29, 1.82) is 0 Å². The highest BCUT2D eigenvalue weighted by molar-refractivity contribution is 5.78. The zero-order valence-corrected chi connectivity index (χ0v) is 13.0. The maximum absolute atomic E-state index is 11.8. The van der Waals surface area contributed by atoms with Crippen molar-refractivity contribution in [2.45, 2.75) is 64.8 Å². The number of allylic oxidation sites excluding steroid dienone is 1. The number of rotatable bonds is 2. The first-order valence-electron chi connectivity index (χ1n) is 6.91. The van der Waals surface area contributed by atoms with Crippen LogP contribution in [0.1, 0.15) is 34.6 Å². The molecule has 2 heterocycles. The van der Waals surface area contributed by atoms with Crippen LogP contribution in [-0.2, 0) is 23.7 Å². The fourth-order valence-electron chi connectivity index (χ4n) is 2.47. The lowest BCUT2D eigenvalue weighted by Crippen LogP contribution is -2.54. The summed E-state index contributed by atoms with van der Waals surface area (Å²) in [6.45, 7) is 9.96. The van der Waals surface area contributed by atoms with Crippen molar-refractivity contribution >= 4 is 5.97 Å². The second-order valence-electron chi connectivity index (χ2n) is 6.85. The number of ether oxygens (including phenoxy) is 4. The van der Waals surface area contributed by atoms with E-state index in [1.165, 1.54) is 7.11 Å². The quantitative estimate of drug-likeness (QED) is 0.574. The van der Waals surface area contributed by atoms with Gasteiger partial charge in [0.05, 0.1) is 0 Å². The Hall–Kier alpha value is -0.910. The Labute approximate surface area is 120 Å². The van der Waals surface area contributed by atoms with Gasteiger partial charge in [0.15, 0.2) is 18.0 Å². The Bertz CT molecular complexity index is 407. The summed E-state index contributed by atoms with van der Waals surface area (Å²) in [5.74, 6) is -1.17. The van der Waals surface area contributed by atoms with Crippen LogP contribution >= 0.6 is 0 Å². The summed E-state index contributed by atoms with van der Waals surface area (Å²) in [7, 11) is 1.49. The average Bonchev–Trinajstić information content (AvgIpc) is 2.59. The van der Waals surface area contributed by atoms with E-state index in [9.17, 15) is 4.79 Å². The van der Waals surface area contributed by atoms with E-state index in [4.69, 9.17) is 18.9 Å². The molecule has 2 rings (SSSR count). The maximum atomic E-state index is 11.8. The smallest absolute Gasteiger partial charge is 0.338 e. The third-order valence-electron chi connectivity index (χ3n) is 3.31. The highest BCUT2D eigenvalue weighted by atomic mass is 16.8. The molecule has 5 nitrogen and oxygen atoms in total. The van der Waals surface area contributed by atoms with Crippen molar-refractivity contribution in [3.05, 3.63) is 12.2 Å². The zero-order valence-electron chi connectivity index (χ0n) is 13.0. The largest absolute Gasteiger partial charge is 0.454 e. The summed E-state index contributed by atoms with van der Waals surface area (Å²) >= 11 is 0. The van der Waals surface area contributed by atoms with Gasteiger partial charge in [-0.2, -0.15) is 0 Å². The molecule has 2 aliphatic heterocycles. The number of carbonyl (C=O) groups excluding carboxylic acids is 1. The fraction of sp³-hybridized carbons (Fsp3) is 0.800. The molecule has 2 saturated heterocycles. The molecule has 0 aromatic carbocycles. The third kappa shape index (κ3) is 3.22. The lowest BCUT2D eigenvalue weighted by molar-refractivity contribution is -0.318. The van der Waals surface area contributed by atoms with Crippen LogP contribution in [0.25, 0.3) is 0 Å². The predicted octanol–water partition coefficient (Wildman–Crippen LogP) is 2.05. The molecule has 0 unspecified atom stereocenters. The molecule has 0 bridgehead atoms. The lowest BCUT2D eigenvalue weighted by Gasteiger charge is -2.41. The van der Waals surface area contributed by atoms with E-state index in [-0.39, 0.29) is 11.5 Å². The first-order valence-corrected chi connectivity index (χ1v) is 6.91. The van der Waals surface area contributed by atoms with Crippen molar-refractivity contribution in [3.8, 4) is 0 Å². The van der Waals surface area contributed by atoms with Crippen LogP contribution in [0.15, 0.2) is 12.2 Å². The van der Waals surface area contributed by atoms with E-state index in [0.717, 1.165) is 0 Å². The minimum absolute atomic E-state index is 0.0323. The van der Waals surface area contributed by atoms with Gasteiger partial charge in [-0.3, -0.25) is 0 Å². The van der Waals surface area contributed by atoms with Gasteiger partial charge in [-0.1, -0.05) is 32.9 Å². The maximum Gasteiger partial charge on any atom is 0.338 e. The number of hydrogen-bond acceptors (Lipinski definition) is 5. The minimum Gasteiger partial charge on any atom is -0.454 e. The second-order valence-corrected chi connectivity index (χ2v) is 6.85. The van der Waals surface area contributed by atoms with E-state index in [1.54, 1.807) is 0 Å². The van der Waals surface area contributed by atoms with Crippen molar-refractivity contribution < 1.29 is 23.7 Å². The second kappa shape index (κ2) is 5.13. The molecule has 2 fully saturated rings. The van der Waals surface area contributed by atoms with Gasteiger partial charge in [-0.15, -0.1) is 0 Å². The van der Waals surface area contributed by atoms with Gasteiger partial charge >= 0.3 is 5.97 Å². The van der Waals surface area contributed by atoms with E-state index in [0.29, 0.717) is 0 Å². The lowest BCUT2D eigenvalue weighted by atomic mass is 9.94. The molecular weight excluding hydrogens is 260 g/mol. The van der Waals surface area contributed by atoms with E-state index in [1.807, 2.05) is 19.9 Å². The van der Waals surface area contributed by atoms with Gasteiger partial charge in [0.25, 0.3) is 0 Å². The summed E-state index contributed by atoms with van der Waals surface area (Å²) in [6.07, 6.45) is 2.10. The van der Waals surface area contributed by atoms with Crippen LogP contribution in [0.3, 0.4) is 0 Å². The molecule has 4 atom stereocenters. The van der Waals surface area contributed by atoms with Gasteiger partial charge in [-0.05, 0) is 19.3 Å². The first kappa shape index (κ1) is 15.5. The summed E-state index contributed by atoms with van der Waals surface area (Å²) in [6, 6.07) is 0. The highest BCUT2D eigenvalue weighted by Crippen LogP contribution is 2.36. The van der Waals surface area contributed by atoms with Crippen molar-refractivity contribution in [3.63, 3.8) is 0 Å². The molecule has 0 spiro atoms. The zero-order chi connectivity index (χ0) is 15.1. The molecule has 0 saturated carbocycles. The molecule has 20 heavy (non-hydrogen) atoms. The Morgan fingerprint density at radius 3 is 2.40 bits per heavy atom. The number of carbonyl (C=O) groups is 1. The molecule has 2 aliphatic rings. The number of esters is 1. The van der Waals surface area contributed by atoms with Gasteiger partial charge < -0.3 is 18.9 Å². The van der Waals surface area contributed by atoms with Crippen LogP contribution in [0, 0.1) is 5.41 Å². The Morgan fingerprint density at radius 2 is 1.85 bits per heavy atom. The molecule has 0 N–H and O–H groups in total. The van der Waals surface area contributed by atoms with Crippen LogP contribution in [0.4, 0.5) is 0 Å². The molecular formula is C15H24O5. The fourth-order valence-corrected chi connectivity index (χ4v) is 2.47. The van der Waals surface area contributed by atoms with Crippen molar-refractivity contribution in [2.75, 3.05) is 7.11 Å². The topological polar surface area (TPSA) is 54.0 Å². The van der Waals surface area contributed by atoms with Gasteiger partial charge in [-0.25, -0.2) is 4.79 Å². The highest BCUT2D eigenvalue weighted by Gasteiger charge is 2.55. The van der Waals surface area contributed by atoms with E-state index >= 15 is 0 Å². The third-order valence-corrected chi connectivity index (χ3v) is 3.31. The van der Waals surface area contributed by atoms with E-state index in [2.05, 4.69) is 26.8 Å². The molecule has 5 heteroatoms. The molecule has 0 radical (unpaired) electrons. The van der Waals surface area contributed by atoms with Crippen molar-refractivity contribution in [2.24, 2.45) is 5.41 Å². The SMILES string of the molecule is CO[C@H]1C(=O)O[C@H]2[C@H]1OC(C)(C)O[C@@H]2C=CC(C)(C)C. The number of methoxy groups -OCH3 is 1. The van der Waals surface area contributed by atoms with Crippen molar-refractivity contribution in [1.82, 2.24) is 0 Å².